The van der Waals surface area contributed by atoms with Crippen LogP contribution in [0.4, 0.5) is 5.69 Å². The van der Waals surface area contributed by atoms with E-state index in [2.05, 4.69) is 10.6 Å². The fourth-order valence-corrected chi connectivity index (χ4v) is 3.16. The molecule has 0 saturated heterocycles. The Morgan fingerprint density at radius 2 is 1.71 bits per heavy atom. The van der Waals surface area contributed by atoms with Crippen molar-refractivity contribution in [2.75, 3.05) is 65.1 Å². The molecule has 0 fully saturated rings. The van der Waals surface area contributed by atoms with E-state index in [-0.39, 0.29) is 18.4 Å². The molecule has 0 aromatic heterocycles. The lowest BCUT2D eigenvalue weighted by molar-refractivity contribution is -0.131. The maximum absolute atomic E-state index is 13.3. The Labute approximate surface area is 200 Å². The van der Waals surface area contributed by atoms with Crippen LogP contribution in [0, 0.1) is 6.92 Å². The third-order valence-corrected chi connectivity index (χ3v) is 4.85. The fourth-order valence-electron chi connectivity index (χ4n) is 3.16. The average molecular weight is 481 g/mol. The van der Waals surface area contributed by atoms with E-state index in [1.807, 2.05) is 0 Å². The molecule has 0 bridgehead atoms. The minimum absolute atomic E-state index is 0.0381. The Bertz CT molecular complexity index is 776. The van der Waals surface area contributed by atoms with Crippen molar-refractivity contribution in [2.24, 2.45) is 5.73 Å². The van der Waals surface area contributed by atoms with Gasteiger partial charge in [-0.05, 0) is 25.0 Å². The Balaban J connectivity index is 2.68. The standard InChI is InChI=1S/C23H36N4O7/c1-18-5-3-6-19(26-9-12-33-14-16-34-15-13-32-11-8-24)21(18)23(31)27(17-29)20(7-4-10-28)22(30)25-2/h3,5-6,10,17,20,26H,4,7-9,11-16,24H2,1-2H3,(H,25,30). The van der Waals surface area contributed by atoms with Gasteiger partial charge in [-0.15, -0.1) is 0 Å². The fraction of sp³-hybridized carbons (Fsp3) is 0.565. The van der Waals surface area contributed by atoms with Crippen molar-refractivity contribution < 1.29 is 33.4 Å². The molecule has 0 aliphatic rings. The van der Waals surface area contributed by atoms with Crippen molar-refractivity contribution in [1.29, 1.82) is 0 Å². The van der Waals surface area contributed by atoms with Gasteiger partial charge in [0.15, 0.2) is 0 Å². The number of carbonyl (C=O) groups is 4. The first kappa shape index (κ1) is 29.2. The molecule has 11 heteroatoms. The summed E-state index contributed by atoms with van der Waals surface area (Å²) in [6, 6.07) is 4.15. The summed E-state index contributed by atoms with van der Waals surface area (Å²) in [5.41, 5.74) is 6.75. The molecular weight excluding hydrogens is 444 g/mol. The molecule has 1 atom stereocenters. The number of ether oxygens (including phenoxy) is 3. The van der Waals surface area contributed by atoms with Gasteiger partial charge < -0.3 is 35.4 Å². The van der Waals surface area contributed by atoms with E-state index < -0.39 is 17.9 Å². The van der Waals surface area contributed by atoms with Crippen molar-refractivity contribution >= 4 is 30.2 Å². The minimum atomic E-state index is -1.09. The number of likely N-dealkylation sites (N-methyl/N-ethyl adjacent to an activating group) is 1. The maximum atomic E-state index is 13.3. The molecule has 0 saturated carbocycles. The van der Waals surface area contributed by atoms with Gasteiger partial charge in [-0.3, -0.25) is 19.3 Å². The monoisotopic (exact) mass is 480 g/mol. The number of hydrogen-bond acceptors (Lipinski definition) is 9. The number of benzene rings is 1. The largest absolute Gasteiger partial charge is 0.382 e. The van der Waals surface area contributed by atoms with Gasteiger partial charge in [0.05, 0.1) is 45.2 Å². The Morgan fingerprint density at radius 3 is 2.29 bits per heavy atom. The summed E-state index contributed by atoms with van der Waals surface area (Å²) in [5.74, 6) is -1.15. The highest BCUT2D eigenvalue weighted by molar-refractivity contribution is 6.07. The molecule has 4 N–H and O–H groups in total. The molecule has 34 heavy (non-hydrogen) atoms. The highest BCUT2D eigenvalue weighted by Gasteiger charge is 2.31. The molecule has 1 unspecified atom stereocenters. The van der Waals surface area contributed by atoms with Gasteiger partial charge in [-0.25, -0.2) is 0 Å². The quantitative estimate of drug-likeness (QED) is 0.185. The predicted octanol–water partition coefficient (Wildman–Crippen LogP) is 0.108. The molecule has 0 aliphatic heterocycles. The zero-order valence-corrected chi connectivity index (χ0v) is 19.9. The first-order chi connectivity index (χ1) is 16.5. The molecule has 1 rings (SSSR count). The van der Waals surface area contributed by atoms with Crippen LogP contribution in [0.15, 0.2) is 18.2 Å². The lowest BCUT2D eigenvalue weighted by Crippen LogP contribution is -2.48. The summed E-state index contributed by atoms with van der Waals surface area (Å²) in [7, 11) is 1.41. The third-order valence-electron chi connectivity index (χ3n) is 4.85. The highest BCUT2D eigenvalue weighted by Crippen LogP contribution is 2.23. The Morgan fingerprint density at radius 1 is 1.06 bits per heavy atom. The number of nitrogens with one attached hydrogen (secondary N) is 2. The van der Waals surface area contributed by atoms with Gasteiger partial charge in [0.25, 0.3) is 5.91 Å². The molecule has 0 spiro atoms. The number of nitrogens with zero attached hydrogens (tertiary/aromatic N) is 1. The third kappa shape index (κ3) is 9.96. The van der Waals surface area contributed by atoms with Crippen molar-refractivity contribution in [1.82, 2.24) is 10.2 Å². The van der Waals surface area contributed by atoms with Crippen LogP contribution in [0.5, 0.6) is 0 Å². The molecule has 0 radical (unpaired) electrons. The second-order valence-corrected chi connectivity index (χ2v) is 7.24. The zero-order valence-electron chi connectivity index (χ0n) is 19.9. The van der Waals surface area contributed by atoms with E-state index >= 15 is 0 Å². The van der Waals surface area contributed by atoms with E-state index in [0.29, 0.717) is 76.7 Å². The normalized spacial score (nSPS) is 11.5. The summed E-state index contributed by atoms with van der Waals surface area (Å²) < 4.78 is 16.1. The van der Waals surface area contributed by atoms with Crippen molar-refractivity contribution in [3.63, 3.8) is 0 Å². The van der Waals surface area contributed by atoms with Crippen molar-refractivity contribution in [3.05, 3.63) is 29.3 Å². The van der Waals surface area contributed by atoms with Crippen LogP contribution in [0.2, 0.25) is 0 Å². The van der Waals surface area contributed by atoms with Crippen molar-refractivity contribution in [3.8, 4) is 0 Å². The topological polar surface area (TPSA) is 149 Å². The summed E-state index contributed by atoms with van der Waals surface area (Å²) in [4.78, 5) is 49.0. The smallest absolute Gasteiger partial charge is 0.263 e. The van der Waals surface area contributed by atoms with E-state index in [1.54, 1.807) is 25.1 Å². The highest BCUT2D eigenvalue weighted by atomic mass is 16.5. The number of imide groups is 1. The minimum Gasteiger partial charge on any atom is -0.382 e. The molecule has 0 aliphatic carbocycles. The summed E-state index contributed by atoms with van der Waals surface area (Å²) in [5, 5.41) is 5.58. The van der Waals surface area contributed by atoms with Crippen LogP contribution in [-0.2, 0) is 28.6 Å². The first-order valence-electron chi connectivity index (χ1n) is 11.2. The number of aryl methyl sites for hydroxylation is 1. The molecule has 190 valence electrons. The number of aldehydes is 1. The number of amides is 3. The predicted molar refractivity (Wildman–Crippen MR) is 127 cm³/mol. The molecule has 1 aromatic carbocycles. The number of carbonyl (C=O) groups excluding carboxylic acids is 4. The van der Waals surface area contributed by atoms with Crippen LogP contribution in [0.3, 0.4) is 0 Å². The summed E-state index contributed by atoms with van der Waals surface area (Å²) in [6.45, 7) is 5.28. The number of rotatable bonds is 19. The summed E-state index contributed by atoms with van der Waals surface area (Å²) in [6.07, 6.45) is 1.05. The molecule has 1 aromatic rings. The van der Waals surface area contributed by atoms with Gasteiger partial charge >= 0.3 is 0 Å². The van der Waals surface area contributed by atoms with Crippen LogP contribution < -0.4 is 16.4 Å². The van der Waals surface area contributed by atoms with Gasteiger partial charge in [0.2, 0.25) is 12.3 Å². The average Bonchev–Trinajstić information content (AvgIpc) is 2.84. The first-order valence-corrected chi connectivity index (χ1v) is 11.2. The molecule has 0 heterocycles. The summed E-state index contributed by atoms with van der Waals surface area (Å²) >= 11 is 0. The lowest BCUT2D eigenvalue weighted by Gasteiger charge is -2.26. The molecular formula is C23H36N4O7. The van der Waals surface area contributed by atoms with Gasteiger partial charge in [-0.1, -0.05) is 12.1 Å². The number of anilines is 1. The van der Waals surface area contributed by atoms with Crippen LogP contribution >= 0.6 is 0 Å². The van der Waals surface area contributed by atoms with E-state index in [0.717, 1.165) is 4.90 Å². The van der Waals surface area contributed by atoms with Gasteiger partial charge in [0, 0.05) is 32.2 Å². The van der Waals surface area contributed by atoms with Gasteiger partial charge in [0.1, 0.15) is 12.3 Å². The van der Waals surface area contributed by atoms with E-state index in [1.165, 1.54) is 7.05 Å². The number of hydrogen-bond donors (Lipinski definition) is 3. The number of nitrogens with two attached hydrogens (primary N) is 1. The molecule has 11 nitrogen and oxygen atoms in total. The molecule has 3 amide bonds. The second kappa shape index (κ2) is 17.6. The van der Waals surface area contributed by atoms with Crippen molar-refractivity contribution in [2.45, 2.75) is 25.8 Å². The van der Waals surface area contributed by atoms with Gasteiger partial charge in [-0.2, -0.15) is 0 Å². The van der Waals surface area contributed by atoms with E-state index in [9.17, 15) is 19.2 Å². The SMILES string of the molecule is CNC(=O)C(CCC=O)N(C=O)C(=O)c1c(C)cccc1NCCOCCOCCOCCN. The maximum Gasteiger partial charge on any atom is 0.263 e. The zero-order chi connectivity index (χ0) is 25.2. The second-order valence-electron chi connectivity index (χ2n) is 7.24. The van der Waals surface area contributed by atoms with Crippen LogP contribution in [0.1, 0.15) is 28.8 Å². The Hall–Kier alpha value is -2.86. The lowest BCUT2D eigenvalue weighted by atomic mass is 10.0. The Kier molecular flexibility index (Phi) is 15.1. The van der Waals surface area contributed by atoms with Crippen LogP contribution in [-0.4, -0.2) is 95.2 Å². The van der Waals surface area contributed by atoms with Crippen LogP contribution in [0.25, 0.3) is 0 Å². The van der Waals surface area contributed by atoms with E-state index in [4.69, 9.17) is 19.9 Å².